The lowest BCUT2D eigenvalue weighted by Gasteiger charge is -2.03. The predicted molar refractivity (Wildman–Crippen MR) is 73.8 cm³/mol. The topological polar surface area (TPSA) is 81.1 Å². The van der Waals surface area contributed by atoms with Crippen molar-refractivity contribution in [2.24, 2.45) is 5.73 Å². The van der Waals surface area contributed by atoms with Crippen molar-refractivity contribution in [2.75, 3.05) is 0 Å². The molecule has 0 saturated carbocycles. The third-order valence-corrected chi connectivity index (χ3v) is 3.55. The van der Waals surface area contributed by atoms with E-state index in [-0.39, 0.29) is 17.6 Å². The van der Waals surface area contributed by atoms with Gasteiger partial charge in [-0.15, -0.1) is 11.3 Å². The summed E-state index contributed by atoms with van der Waals surface area (Å²) in [6, 6.07) is 3.67. The molecule has 3 N–H and O–H groups in total. The fraction of sp³-hybridized carbons (Fsp3) is 0.385. The lowest BCUT2D eigenvalue weighted by atomic mass is 10.2. The van der Waals surface area contributed by atoms with E-state index in [0.717, 1.165) is 17.7 Å². The van der Waals surface area contributed by atoms with Crippen LogP contribution in [0.1, 0.15) is 47.1 Å². The molecular formula is C13H17N3O2S. The van der Waals surface area contributed by atoms with E-state index >= 15 is 0 Å². The molecule has 0 radical (unpaired) electrons. The lowest BCUT2D eigenvalue weighted by molar-refractivity contribution is 0.0946. The number of rotatable bonds is 6. The molecule has 2 heterocycles. The maximum Gasteiger partial charge on any atom is 0.273 e. The van der Waals surface area contributed by atoms with Gasteiger partial charge in [-0.3, -0.25) is 4.79 Å². The molecule has 0 aliphatic carbocycles. The summed E-state index contributed by atoms with van der Waals surface area (Å²) in [4.78, 5) is 17.1. The molecule has 0 spiro atoms. The van der Waals surface area contributed by atoms with E-state index in [1.54, 1.807) is 11.3 Å². The normalized spacial score (nSPS) is 12.3. The van der Waals surface area contributed by atoms with Gasteiger partial charge in [0, 0.05) is 4.88 Å². The van der Waals surface area contributed by atoms with E-state index in [2.05, 4.69) is 10.3 Å². The van der Waals surface area contributed by atoms with Crippen LogP contribution in [0, 0.1) is 0 Å². The molecule has 1 unspecified atom stereocenters. The van der Waals surface area contributed by atoms with Crippen LogP contribution in [-0.4, -0.2) is 10.9 Å². The maximum atomic E-state index is 11.9. The number of oxazole rings is 1. The first-order valence-electron chi connectivity index (χ1n) is 6.22. The summed E-state index contributed by atoms with van der Waals surface area (Å²) in [6.45, 7) is 2.54. The Hall–Kier alpha value is -1.66. The van der Waals surface area contributed by atoms with Gasteiger partial charge in [-0.05, 0) is 17.9 Å². The van der Waals surface area contributed by atoms with Gasteiger partial charge < -0.3 is 15.5 Å². The van der Waals surface area contributed by atoms with Crippen LogP contribution in [0.4, 0.5) is 0 Å². The van der Waals surface area contributed by atoms with Gasteiger partial charge in [-0.25, -0.2) is 4.98 Å². The van der Waals surface area contributed by atoms with Crippen LogP contribution < -0.4 is 11.1 Å². The Morgan fingerprint density at radius 2 is 2.47 bits per heavy atom. The second-order valence-corrected chi connectivity index (χ2v) is 5.26. The molecule has 0 aromatic carbocycles. The molecule has 1 amide bonds. The standard InChI is InChI=1S/C13H17N3O2S/c1-2-4-10(14)13-16-11(8-18-13)12(17)15-7-9-5-3-6-19-9/h3,5-6,8,10H,2,4,7,14H2,1H3,(H,15,17). The van der Waals surface area contributed by atoms with Crippen LogP contribution in [0.25, 0.3) is 0 Å². The molecule has 2 rings (SSSR count). The third-order valence-electron chi connectivity index (χ3n) is 2.67. The number of hydrogen-bond donors (Lipinski definition) is 2. The highest BCUT2D eigenvalue weighted by Crippen LogP contribution is 2.15. The van der Waals surface area contributed by atoms with E-state index in [1.165, 1.54) is 6.26 Å². The first-order valence-corrected chi connectivity index (χ1v) is 7.10. The molecule has 5 nitrogen and oxygen atoms in total. The monoisotopic (exact) mass is 279 g/mol. The van der Waals surface area contributed by atoms with Gasteiger partial charge in [0.1, 0.15) is 6.26 Å². The average molecular weight is 279 g/mol. The zero-order valence-electron chi connectivity index (χ0n) is 10.8. The number of amides is 1. The van der Waals surface area contributed by atoms with Crippen LogP contribution in [0.2, 0.25) is 0 Å². The molecule has 2 aromatic heterocycles. The van der Waals surface area contributed by atoms with Crippen molar-refractivity contribution in [1.82, 2.24) is 10.3 Å². The van der Waals surface area contributed by atoms with Crippen LogP contribution in [0.5, 0.6) is 0 Å². The number of carbonyl (C=O) groups excluding carboxylic acids is 1. The minimum atomic E-state index is -0.246. The number of nitrogens with one attached hydrogen (secondary N) is 1. The van der Waals surface area contributed by atoms with Crippen LogP contribution in [0.15, 0.2) is 28.2 Å². The zero-order valence-corrected chi connectivity index (χ0v) is 11.6. The number of hydrogen-bond acceptors (Lipinski definition) is 5. The Balaban J connectivity index is 1.92. The van der Waals surface area contributed by atoms with Crippen molar-refractivity contribution in [3.05, 3.63) is 40.2 Å². The molecule has 6 heteroatoms. The minimum Gasteiger partial charge on any atom is -0.446 e. The molecule has 0 bridgehead atoms. The quantitative estimate of drug-likeness (QED) is 0.851. The number of carbonyl (C=O) groups is 1. The van der Waals surface area contributed by atoms with E-state index in [9.17, 15) is 4.79 Å². The van der Waals surface area contributed by atoms with Gasteiger partial charge in [0.15, 0.2) is 5.69 Å². The number of aromatic nitrogens is 1. The second kappa shape index (κ2) is 6.49. The Morgan fingerprint density at radius 1 is 1.63 bits per heavy atom. The smallest absolute Gasteiger partial charge is 0.273 e. The largest absolute Gasteiger partial charge is 0.446 e. The van der Waals surface area contributed by atoms with Crippen LogP contribution in [-0.2, 0) is 6.54 Å². The Bertz CT molecular complexity index is 522. The molecular weight excluding hydrogens is 262 g/mol. The van der Waals surface area contributed by atoms with E-state index in [0.29, 0.717) is 12.4 Å². The first kappa shape index (κ1) is 13.8. The summed E-state index contributed by atoms with van der Waals surface area (Å²) in [7, 11) is 0. The van der Waals surface area contributed by atoms with Crippen LogP contribution >= 0.6 is 11.3 Å². The second-order valence-electron chi connectivity index (χ2n) is 4.23. The third kappa shape index (κ3) is 3.65. The molecule has 1 atom stereocenters. The van der Waals surface area contributed by atoms with E-state index < -0.39 is 0 Å². The fourth-order valence-electron chi connectivity index (χ4n) is 1.67. The van der Waals surface area contributed by atoms with Gasteiger partial charge in [0.25, 0.3) is 5.91 Å². The Labute approximate surface area is 115 Å². The number of thiophene rings is 1. The van der Waals surface area contributed by atoms with Crippen molar-refractivity contribution >= 4 is 17.2 Å². The van der Waals surface area contributed by atoms with Gasteiger partial charge in [-0.1, -0.05) is 19.4 Å². The SMILES string of the molecule is CCCC(N)c1nc(C(=O)NCc2cccs2)co1. The van der Waals surface area contributed by atoms with Crippen molar-refractivity contribution in [3.8, 4) is 0 Å². The summed E-state index contributed by atoms with van der Waals surface area (Å²) >= 11 is 1.60. The minimum absolute atomic E-state index is 0.243. The van der Waals surface area contributed by atoms with Gasteiger partial charge in [0.2, 0.25) is 5.89 Å². The summed E-state index contributed by atoms with van der Waals surface area (Å²) in [5.41, 5.74) is 6.16. The van der Waals surface area contributed by atoms with Crippen molar-refractivity contribution in [2.45, 2.75) is 32.4 Å². The van der Waals surface area contributed by atoms with Gasteiger partial charge >= 0.3 is 0 Å². The predicted octanol–water partition coefficient (Wildman–Crippen LogP) is 2.47. The molecule has 2 aromatic rings. The zero-order chi connectivity index (χ0) is 13.7. The summed E-state index contributed by atoms with van der Waals surface area (Å²) in [5, 5.41) is 4.77. The molecule has 0 aliphatic heterocycles. The molecule has 0 saturated heterocycles. The van der Waals surface area contributed by atoms with Gasteiger partial charge in [0.05, 0.1) is 12.6 Å². The average Bonchev–Trinajstić information content (AvgIpc) is 3.07. The van der Waals surface area contributed by atoms with Crippen molar-refractivity contribution < 1.29 is 9.21 Å². The Kier molecular flexibility index (Phi) is 4.70. The Morgan fingerprint density at radius 3 is 3.16 bits per heavy atom. The molecule has 19 heavy (non-hydrogen) atoms. The van der Waals surface area contributed by atoms with E-state index in [4.69, 9.17) is 10.2 Å². The highest BCUT2D eigenvalue weighted by Gasteiger charge is 2.16. The highest BCUT2D eigenvalue weighted by atomic mass is 32.1. The van der Waals surface area contributed by atoms with Gasteiger partial charge in [-0.2, -0.15) is 0 Å². The van der Waals surface area contributed by atoms with Crippen LogP contribution in [0.3, 0.4) is 0 Å². The first-order chi connectivity index (χ1) is 9.20. The lowest BCUT2D eigenvalue weighted by Crippen LogP contribution is -2.23. The van der Waals surface area contributed by atoms with Crippen molar-refractivity contribution in [1.29, 1.82) is 0 Å². The van der Waals surface area contributed by atoms with E-state index in [1.807, 2.05) is 24.4 Å². The summed E-state index contributed by atoms with van der Waals surface area (Å²) in [6.07, 6.45) is 3.09. The summed E-state index contributed by atoms with van der Waals surface area (Å²) < 4.78 is 5.24. The summed E-state index contributed by atoms with van der Waals surface area (Å²) in [5.74, 6) is 0.176. The molecule has 102 valence electrons. The maximum absolute atomic E-state index is 11.9. The fourth-order valence-corrected chi connectivity index (χ4v) is 2.31. The highest BCUT2D eigenvalue weighted by molar-refractivity contribution is 7.09. The molecule has 0 aliphatic rings. The number of nitrogens with two attached hydrogens (primary N) is 1. The van der Waals surface area contributed by atoms with Crippen molar-refractivity contribution in [3.63, 3.8) is 0 Å². The molecule has 0 fully saturated rings. The number of nitrogens with zero attached hydrogens (tertiary/aromatic N) is 1.